The lowest BCUT2D eigenvalue weighted by Crippen LogP contribution is -2.25. The van der Waals surface area contributed by atoms with E-state index < -0.39 is 0 Å². The highest BCUT2D eigenvalue weighted by Crippen LogP contribution is 2.42. The molecule has 0 radical (unpaired) electrons. The summed E-state index contributed by atoms with van der Waals surface area (Å²) >= 11 is 6.72. The maximum absolute atomic E-state index is 6.72. The third-order valence-corrected chi connectivity index (χ3v) is 5.92. The summed E-state index contributed by atoms with van der Waals surface area (Å²) in [5.41, 5.74) is 5.79. The van der Waals surface area contributed by atoms with E-state index in [1.54, 1.807) is 7.11 Å². The van der Waals surface area contributed by atoms with Gasteiger partial charge in [-0.1, -0.05) is 35.9 Å². The molecule has 146 valence electrons. The van der Waals surface area contributed by atoms with Crippen LogP contribution in [0.15, 0.2) is 72.8 Å². The Balaban J connectivity index is 1.62. The van der Waals surface area contributed by atoms with Gasteiger partial charge in [-0.2, -0.15) is 0 Å². The van der Waals surface area contributed by atoms with Crippen LogP contribution >= 0.6 is 11.6 Å². The zero-order valence-electron chi connectivity index (χ0n) is 16.1. The molecule has 5 nitrogen and oxygen atoms in total. The van der Waals surface area contributed by atoms with Crippen molar-refractivity contribution in [1.82, 2.24) is 14.5 Å². The lowest BCUT2D eigenvalue weighted by Gasteiger charge is -2.30. The molecule has 3 heterocycles. The number of fused-ring (bicyclic) bond motifs is 6. The second kappa shape index (κ2) is 6.47. The highest BCUT2D eigenvalue weighted by Gasteiger charge is 2.29. The van der Waals surface area contributed by atoms with Gasteiger partial charge in [0.1, 0.15) is 22.9 Å². The van der Waals surface area contributed by atoms with Crippen molar-refractivity contribution in [1.29, 1.82) is 0 Å². The van der Waals surface area contributed by atoms with Gasteiger partial charge in [0, 0.05) is 28.3 Å². The van der Waals surface area contributed by atoms with Crippen LogP contribution in [-0.2, 0) is 0 Å². The molecule has 0 bridgehead atoms. The summed E-state index contributed by atoms with van der Waals surface area (Å²) in [5, 5.41) is 5.11. The lowest BCUT2D eigenvalue weighted by atomic mass is 10.1. The Morgan fingerprint density at radius 3 is 2.67 bits per heavy atom. The van der Waals surface area contributed by atoms with E-state index in [0.29, 0.717) is 5.15 Å². The van der Waals surface area contributed by atoms with E-state index in [1.807, 2.05) is 48.5 Å². The molecule has 30 heavy (non-hydrogen) atoms. The Labute approximate surface area is 177 Å². The van der Waals surface area contributed by atoms with Crippen molar-refractivity contribution in [3.8, 4) is 17.1 Å². The normalized spacial score (nSPS) is 14.9. The van der Waals surface area contributed by atoms with Crippen molar-refractivity contribution >= 4 is 39.2 Å². The molecule has 1 atom stereocenters. The SMILES string of the molecule is COc1ccc2cc(C3Nc4ccccc4-c4nc5ccccc5n43)c(Cl)nc2c1. The molecule has 0 aliphatic carbocycles. The third kappa shape index (κ3) is 2.49. The van der Waals surface area contributed by atoms with Crippen LogP contribution in [0.5, 0.6) is 5.75 Å². The summed E-state index contributed by atoms with van der Waals surface area (Å²) in [6.45, 7) is 0. The van der Waals surface area contributed by atoms with Crippen LogP contribution < -0.4 is 10.1 Å². The lowest BCUT2D eigenvalue weighted by molar-refractivity contribution is 0.415. The fourth-order valence-electron chi connectivity index (χ4n) is 4.19. The molecule has 0 spiro atoms. The van der Waals surface area contributed by atoms with Gasteiger partial charge in [0.15, 0.2) is 0 Å². The van der Waals surface area contributed by atoms with Crippen LogP contribution in [0, 0.1) is 0 Å². The van der Waals surface area contributed by atoms with Crippen molar-refractivity contribution in [2.45, 2.75) is 6.17 Å². The molecule has 0 saturated heterocycles. The molecule has 3 aromatic carbocycles. The molecule has 6 heteroatoms. The average molecular weight is 413 g/mol. The molecular formula is C24H17ClN4O. The number of halogens is 1. The van der Waals surface area contributed by atoms with Crippen molar-refractivity contribution in [3.63, 3.8) is 0 Å². The van der Waals surface area contributed by atoms with Gasteiger partial charge in [-0.05, 0) is 42.5 Å². The Bertz CT molecular complexity index is 1440. The predicted molar refractivity (Wildman–Crippen MR) is 120 cm³/mol. The summed E-state index contributed by atoms with van der Waals surface area (Å²) in [7, 11) is 1.65. The van der Waals surface area contributed by atoms with E-state index in [2.05, 4.69) is 39.1 Å². The first-order valence-electron chi connectivity index (χ1n) is 9.70. The Morgan fingerprint density at radius 2 is 1.77 bits per heavy atom. The summed E-state index contributed by atoms with van der Waals surface area (Å²) in [4.78, 5) is 9.59. The number of ether oxygens (including phenoxy) is 1. The number of pyridine rings is 1. The zero-order valence-corrected chi connectivity index (χ0v) is 16.9. The Morgan fingerprint density at radius 1 is 0.933 bits per heavy atom. The van der Waals surface area contributed by atoms with E-state index in [9.17, 15) is 0 Å². The van der Waals surface area contributed by atoms with Crippen LogP contribution in [0.3, 0.4) is 0 Å². The van der Waals surface area contributed by atoms with Gasteiger partial charge in [0.25, 0.3) is 0 Å². The molecule has 1 aliphatic rings. The summed E-state index contributed by atoms with van der Waals surface area (Å²) in [6.07, 6.45) is -0.228. The van der Waals surface area contributed by atoms with Gasteiger partial charge >= 0.3 is 0 Å². The first-order chi connectivity index (χ1) is 14.7. The van der Waals surface area contributed by atoms with Crippen molar-refractivity contribution in [2.24, 2.45) is 0 Å². The number of anilines is 1. The Kier molecular flexibility index (Phi) is 3.73. The fourth-order valence-corrected chi connectivity index (χ4v) is 4.44. The standard InChI is InChI=1S/C24H17ClN4O/c1-30-15-11-10-14-12-17(22(25)26-20(14)13-15)24-27-18-7-3-2-6-16(18)23-28-19-8-4-5-9-21(19)29(23)24/h2-13,24,27H,1H3. The van der Waals surface area contributed by atoms with Crippen LogP contribution in [0.4, 0.5) is 5.69 Å². The molecule has 0 amide bonds. The molecule has 0 saturated carbocycles. The maximum atomic E-state index is 6.72. The average Bonchev–Trinajstić information content (AvgIpc) is 3.18. The predicted octanol–water partition coefficient (Wildman–Crippen LogP) is 5.89. The quantitative estimate of drug-likeness (QED) is 0.367. The summed E-state index contributed by atoms with van der Waals surface area (Å²) in [5.74, 6) is 1.67. The second-order valence-electron chi connectivity index (χ2n) is 7.31. The first kappa shape index (κ1) is 17.3. The minimum Gasteiger partial charge on any atom is -0.497 e. The van der Waals surface area contributed by atoms with Crippen LogP contribution in [0.2, 0.25) is 5.15 Å². The van der Waals surface area contributed by atoms with Gasteiger partial charge in [0.2, 0.25) is 0 Å². The van der Waals surface area contributed by atoms with Crippen LogP contribution in [-0.4, -0.2) is 21.6 Å². The largest absolute Gasteiger partial charge is 0.497 e. The van der Waals surface area contributed by atoms with Gasteiger partial charge < -0.3 is 10.1 Å². The number of nitrogens with zero attached hydrogens (tertiary/aromatic N) is 3. The van der Waals surface area contributed by atoms with E-state index in [1.165, 1.54) is 0 Å². The number of benzene rings is 3. The molecule has 1 aliphatic heterocycles. The smallest absolute Gasteiger partial charge is 0.145 e. The number of para-hydroxylation sites is 3. The van der Waals surface area contributed by atoms with E-state index in [-0.39, 0.29) is 6.17 Å². The number of aromatic nitrogens is 3. The molecule has 5 aromatic rings. The van der Waals surface area contributed by atoms with Crippen molar-refractivity contribution in [3.05, 3.63) is 83.5 Å². The van der Waals surface area contributed by atoms with Gasteiger partial charge in [-0.25, -0.2) is 9.97 Å². The Hall–Kier alpha value is -3.57. The molecule has 1 N–H and O–H groups in total. The monoisotopic (exact) mass is 412 g/mol. The van der Waals surface area contributed by atoms with E-state index in [4.69, 9.17) is 21.3 Å². The number of hydrogen-bond acceptors (Lipinski definition) is 4. The molecule has 6 rings (SSSR count). The molecular weight excluding hydrogens is 396 g/mol. The number of rotatable bonds is 2. The summed E-state index contributed by atoms with van der Waals surface area (Å²) in [6, 6.07) is 24.3. The first-order valence-corrected chi connectivity index (χ1v) is 10.1. The van der Waals surface area contributed by atoms with Crippen LogP contribution in [0.25, 0.3) is 33.3 Å². The summed E-state index contributed by atoms with van der Waals surface area (Å²) < 4.78 is 7.53. The van der Waals surface area contributed by atoms with E-state index >= 15 is 0 Å². The molecule has 2 aromatic heterocycles. The number of methoxy groups -OCH3 is 1. The third-order valence-electron chi connectivity index (χ3n) is 5.61. The maximum Gasteiger partial charge on any atom is 0.145 e. The topological polar surface area (TPSA) is 52.0 Å². The zero-order chi connectivity index (χ0) is 20.2. The van der Waals surface area contributed by atoms with Crippen LogP contribution in [0.1, 0.15) is 11.7 Å². The highest BCUT2D eigenvalue weighted by molar-refractivity contribution is 6.30. The van der Waals surface area contributed by atoms with Gasteiger partial charge in [-0.3, -0.25) is 4.57 Å². The molecule has 1 unspecified atom stereocenters. The minimum absolute atomic E-state index is 0.228. The highest BCUT2D eigenvalue weighted by atomic mass is 35.5. The molecule has 0 fully saturated rings. The van der Waals surface area contributed by atoms with Crippen molar-refractivity contribution < 1.29 is 4.74 Å². The fraction of sp³-hybridized carbons (Fsp3) is 0.0833. The second-order valence-corrected chi connectivity index (χ2v) is 7.67. The number of imidazole rings is 1. The van der Waals surface area contributed by atoms with Crippen molar-refractivity contribution in [2.75, 3.05) is 12.4 Å². The number of nitrogens with one attached hydrogen (secondary N) is 1. The van der Waals surface area contributed by atoms with E-state index in [0.717, 1.165) is 50.3 Å². The van der Waals surface area contributed by atoms with Gasteiger partial charge in [0.05, 0.1) is 23.7 Å². The number of hydrogen-bond donors (Lipinski definition) is 1. The minimum atomic E-state index is -0.228. The van der Waals surface area contributed by atoms with Gasteiger partial charge in [-0.15, -0.1) is 0 Å².